The molecule has 30 heavy (non-hydrogen) atoms. The fourth-order valence-corrected chi connectivity index (χ4v) is 5.56. The molecule has 2 aromatic carbocycles. The lowest BCUT2D eigenvalue weighted by atomic mass is 9.52. The van der Waals surface area contributed by atoms with Crippen molar-refractivity contribution in [2.24, 2.45) is 5.41 Å². The first-order valence-corrected chi connectivity index (χ1v) is 10.6. The number of carbonyl (C=O) groups excluding carboxylic acids is 1. The summed E-state index contributed by atoms with van der Waals surface area (Å²) < 4.78 is 14.9. The molecule has 0 saturated heterocycles. The highest BCUT2D eigenvalue weighted by molar-refractivity contribution is 5.90. The van der Waals surface area contributed by atoms with E-state index in [0.717, 1.165) is 36.0 Å². The predicted molar refractivity (Wildman–Crippen MR) is 111 cm³/mol. The van der Waals surface area contributed by atoms with Crippen molar-refractivity contribution in [1.29, 1.82) is 0 Å². The highest BCUT2D eigenvalue weighted by Gasteiger charge is 2.53. The maximum absolute atomic E-state index is 14.9. The maximum Gasteiger partial charge on any atom is 0.322 e. The largest absolute Gasteiger partial charge is 0.481 e. The Balaban J connectivity index is 1.29. The van der Waals surface area contributed by atoms with Crippen LogP contribution in [0.5, 0.6) is 0 Å². The SMILES string of the molecule is O=C(Nc1ccc(C23CCC(C(=O)O)(CC2)CC3)cc1F)N1Cc2ccccc2C1. The predicted octanol–water partition coefficient (Wildman–Crippen LogP) is 5.05. The summed E-state index contributed by atoms with van der Waals surface area (Å²) in [6, 6.07) is 12.7. The van der Waals surface area contributed by atoms with Gasteiger partial charge in [0.1, 0.15) is 5.82 Å². The molecule has 0 radical (unpaired) electrons. The Morgan fingerprint density at radius 2 is 1.53 bits per heavy atom. The third-order valence-electron chi connectivity index (χ3n) is 7.65. The van der Waals surface area contributed by atoms with E-state index in [1.165, 1.54) is 6.07 Å². The number of nitrogens with zero attached hydrogens (tertiary/aromatic N) is 1. The molecule has 2 amide bonds. The zero-order valence-electron chi connectivity index (χ0n) is 16.8. The van der Waals surface area contributed by atoms with Gasteiger partial charge in [-0.3, -0.25) is 4.79 Å². The molecule has 2 N–H and O–H groups in total. The van der Waals surface area contributed by atoms with Gasteiger partial charge < -0.3 is 15.3 Å². The number of benzene rings is 2. The van der Waals surface area contributed by atoms with Crippen molar-refractivity contribution in [3.8, 4) is 0 Å². The van der Waals surface area contributed by atoms with Gasteiger partial charge in [-0.1, -0.05) is 30.3 Å². The van der Waals surface area contributed by atoms with Crippen LogP contribution in [-0.2, 0) is 23.3 Å². The van der Waals surface area contributed by atoms with E-state index < -0.39 is 17.2 Å². The highest BCUT2D eigenvalue weighted by atomic mass is 19.1. The number of hydrogen-bond acceptors (Lipinski definition) is 2. The Labute approximate surface area is 174 Å². The topological polar surface area (TPSA) is 69.6 Å². The summed E-state index contributed by atoms with van der Waals surface area (Å²) in [4.78, 5) is 26.0. The number of aliphatic carboxylic acids is 1. The standard InChI is InChI=1S/C24H25FN2O3/c25-19-13-18(23-7-10-24(11-8-23,12-9-23)21(28)29)5-6-20(19)26-22(30)27-14-16-3-1-2-4-17(16)15-27/h1-6,13H,7-12,14-15H2,(H,26,30)(H,28,29). The van der Waals surface area contributed by atoms with E-state index >= 15 is 0 Å². The number of rotatable bonds is 3. The Kier molecular flexibility index (Phi) is 4.34. The number of nitrogens with one attached hydrogen (secondary N) is 1. The van der Waals surface area contributed by atoms with Crippen LogP contribution in [0.4, 0.5) is 14.9 Å². The van der Waals surface area contributed by atoms with Crippen LogP contribution < -0.4 is 5.32 Å². The summed E-state index contributed by atoms with van der Waals surface area (Å²) in [5, 5.41) is 12.3. The lowest BCUT2D eigenvalue weighted by Gasteiger charge is -2.51. The van der Waals surface area contributed by atoms with Crippen molar-refractivity contribution >= 4 is 17.7 Å². The number of urea groups is 1. The summed E-state index contributed by atoms with van der Waals surface area (Å²) in [6.07, 6.45) is 4.28. The zero-order chi connectivity index (χ0) is 20.9. The van der Waals surface area contributed by atoms with Crippen LogP contribution in [0.15, 0.2) is 42.5 Å². The molecule has 1 heterocycles. The minimum absolute atomic E-state index is 0.142. The zero-order valence-corrected chi connectivity index (χ0v) is 16.8. The first-order chi connectivity index (χ1) is 14.4. The number of carboxylic acids is 1. The third kappa shape index (κ3) is 2.97. The maximum atomic E-state index is 14.9. The monoisotopic (exact) mass is 408 g/mol. The van der Waals surface area contributed by atoms with E-state index in [-0.39, 0.29) is 17.1 Å². The van der Waals surface area contributed by atoms with Gasteiger partial charge in [-0.2, -0.15) is 0 Å². The minimum Gasteiger partial charge on any atom is -0.481 e. The van der Waals surface area contributed by atoms with Crippen molar-refractivity contribution in [2.75, 3.05) is 5.32 Å². The molecular formula is C24H25FN2O3. The van der Waals surface area contributed by atoms with Crippen LogP contribution in [0.1, 0.15) is 55.2 Å². The lowest BCUT2D eigenvalue weighted by Crippen LogP contribution is -2.47. The number of hydrogen-bond donors (Lipinski definition) is 2. The Hall–Kier alpha value is -2.89. The van der Waals surface area contributed by atoms with Gasteiger partial charge in [0.2, 0.25) is 0 Å². The van der Waals surface area contributed by atoms with Crippen molar-refractivity contribution in [3.63, 3.8) is 0 Å². The van der Waals surface area contributed by atoms with Gasteiger partial charge in [0.25, 0.3) is 0 Å². The van der Waals surface area contributed by atoms with Gasteiger partial charge in [0, 0.05) is 13.1 Å². The fraction of sp³-hybridized carbons (Fsp3) is 0.417. The van der Waals surface area contributed by atoms with E-state index in [1.807, 2.05) is 30.3 Å². The molecule has 6 heteroatoms. The van der Waals surface area contributed by atoms with E-state index in [2.05, 4.69) is 5.32 Å². The molecule has 6 rings (SSSR count). The van der Waals surface area contributed by atoms with E-state index in [0.29, 0.717) is 32.4 Å². The molecule has 4 aliphatic rings. The number of halogens is 1. The van der Waals surface area contributed by atoms with Gasteiger partial charge in [0.05, 0.1) is 11.1 Å². The van der Waals surface area contributed by atoms with Crippen molar-refractivity contribution in [1.82, 2.24) is 4.90 Å². The van der Waals surface area contributed by atoms with Crippen LogP contribution in [-0.4, -0.2) is 22.0 Å². The van der Waals surface area contributed by atoms with Crippen LogP contribution >= 0.6 is 0 Å². The molecule has 3 aliphatic carbocycles. The fourth-order valence-electron chi connectivity index (χ4n) is 5.56. The van der Waals surface area contributed by atoms with Crippen LogP contribution in [0.3, 0.4) is 0 Å². The minimum atomic E-state index is -0.691. The second kappa shape index (κ2) is 6.83. The average Bonchev–Trinajstić information content (AvgIpc) is 3.21. The summed E-state index contributed by atoms with van der Waals surface area (Å²) in [5.41, 5.74) is 2.62. The summed E-state index contributed by atoms with van der Waals surface area (Å²) >= 11 is 0. The Morgan fingerprint density at radius 3 is 2.07 bits per heavy atom. The molecule has 2 bridgehead atoms. The molecule has 0 unspecified atom stereocenters. The van der Waals surface area contributed by atoms with E-state index in [9.17, 15) is 19.1 Å². The van der Waals surface area contributed by atoms with Gasteiger partial charge in [0.15, 0.2) is 0 Å². The molecule has 156 valence electrons. The molecule has 3 fully saturated rings. The number of carboxylic acid groups (broad SMARTS) is 1. The molecule has 0 aromatic heterocycles. The quantitative estimate of drug-likeness (QED) is 0.747. The first kappa shape index (κ1) is 19.1. The average molecular weight is 408 g/mol. The number of amides is 2. The van der Waals surface area contributed by atoms with Crippen molar-refractivity contribution < 1.29 is 19.1 Å². The van der Waals surface area contributed by atoms with E-state index in [4.69, 9.17) is 0 Å². The Bertz CT molecular complexity index is 985. The third-order valence-corrected chi connectivity index (χ3v) is 7.65. The number of carbonyl (C=O) groups is 2. The van der Waals surface area contributed by atoms with Crippen LogP contribution in [0.25, 0.3) is 0 Å². The van der Waals surface area contributed by atoms with E-state index in [1.54, 1.807) is 11.0 Å². The number of fused-ring (bicyclic) bond motifs is 4. The normalized spacial score (nSPS) is 27.0. The highest BCUT2D eigenvalue weighted by Crippen LogP contribution is 2.58. The molecule has 5 nitrogen and oxygen atoms in total. The summed E-state index contributed by atoms with van der Waals surface area (Å²) in [7, 11) is 0. The van der Waals surface area contributed by atoms with Gasteiger partial charge >= 0.3 is 12.0 Å². The smallest absolute Gasteiger partial charge is 0.322 e. The second-order valence-electron chi connectivity index (χ2n) is 9.12. The van der Waals surface area contributed by atoms with Gasteiger partial charge in [-0.05, 0) is 72.8 Å². The van der Waals surface area contributed by atoms with Gasteiger partial charge in [-0.25, -0.2) is 9.18 Å². The number of anilines is 1. The Morgan fingerprint density at radius 1 is 0.933 bits per heavy atom. The molecule has 2 aromatic rings. The van der Waals surface area contributed by atoms with Crippen LogP contribution in [0.2, 0.25) is 0 Å². The molecule has 1 aliphatic heterocycles. The van der Waals surface area contributed by atoms with Crippen molar-refractivity contribution in [2.45, 2.75) is 57.0 Å². The molecular weight excluding hydrogens is 383 g/mol. The first-order valence-electron chi connectivity index (χ1n) is 10.6. The lowest BCUT2D eigenvalue weighted by molar-refractivity contribution is -0.156. The second-order valence-corrected chi connectivity index (χ2v) is 9.12. The van der Waals surface area contributed by atoms with Gasteiger partial charge in [-0.15, -0.1) is 0 Å². The van der Waals surface area contributed by atoms with Crippen molar-refractivity contribution in [3.05, 3.63) is 65.0 Å². The molecule has 0 atom stereocenters. The van der Waals surface area contributed by atoms with Crippen LogP contribution in [0, 0.1) is 11.2 Å². The summed E-state index contributed by atoms with van der Waals surface area (Å²) in [5.74, 6) is -1.13. The molecule has 0 spiro atoms. The summed E-state index contributed by atoms with van der Waals surface area (Å²) in [6.45, 7) is 1.05. The molecule has 3 saturated carbocycles.